The second-order valence-electron chi connectivity index (χ2n) is 5.96. The Morgan fingerprint density at radius 1 is 1.07 bits per heavy atom. The van der Waals surface area contributed by atoms with E-state index in [0.717, 1.165) is 22.0 Å². The van der Waals surface area contributed by atoms with E-state index in [-0.39, 0.29) is 4.90 Å². The van der Waals surface area contributed by atoms with Crippen LogP contribution in [0.4, 0.5) is 0 Å². The maximum absolute atomic E-state index is 11.8. The van der Waals surface area contributed by atoms with Gasteiger partial charge >= 0.3 is 0 Å². The van der Waals surface area contributed by atoms with Gasteiger partial charge in [0.2, 0.25) is 10.0 Å². The van der Waals surface area contributed by atoms with Gasteiger partial charge in [0.05, 0.1) is 10.6 Å². The Morgan fingerprint density at radius 2 is 1.86 bits per heavy atom. The zero-order chi connectivity index (χ0) is 19.6. The van der Waals surface area contributed by atoms with Crippen molar-refractivity contribution in [3.63, 3.8) is 0 Å². The van der Waals surface area contributed by atoms with E-state index in [0.29, 0.717) is 30.2 Å². The molecule has 0 unspecified atom stereocenters. The highest BCUT2D eigenvalue weighted by atomic mass is 32.2. The van der Waals surface area contributed by atoms with Gasteiger partial charge in [0, 0.05) is 17.7 Å². The summed E-state index contributed by atoms with van der Waals surface area (Å²) in [5, 5.41) is 20.7. The van der Waals surface area contributed by atoms with Crippen molar-refractivity contribution in [2.75, 3.05) is 19.3 Å². The molecule has 0 atom stereocenters. The van der Waals surface area contributed by atoms with Crippen LogP contribution in [0.5, 0.6) is 0 Å². The molecule has 144 valence electrons. The summed E-state index contributed by atoms with van der Waals surface area (Å²) in [6, 6.07) is 10.2. The molecule has 0 radical (unpaired) electrons. The Balaban J connectivity index is 1.40. The molecule has 11 heteroatoms. The van der Waals surface area contributed by atoms with Gasteiger partial charge in [0.1, 0.15) is 23.1 Å². The maximum Gasteiger partial charge on any atom is 0.240 e. The predicted octanol–water partition coefficient (Wildman–Crippen LogP) is 2.92. The van der Waals surface area contributed by atoms with Crippen LogP contribution in [0.15, 0.2) is 71.4 Å². The quantitative estimate of drug-likeness (QED) is 0.778. The molecule has 0 amide bonds. The zero-order valence-corrected chi connectivity index (χ0v) is 16.5. The van der Waals surface area contributed by atoms with Crippen LogP contribution in [-0.2, 0) is 10.0 Å². The topological polar surface area (TPSA) is 121 Å². The molecule has 2 aliphatic heterocycles. The third kappa shape index (κ3) is 3.96. The molecule has 0 aliphatic carbocycles. The van der Waals surface area contributed by atoms with Gasteiger partial charge in [0.15, 0.2) is 5.76 Å². The number of hydrogen-bond donors (Lipinski definition) is 1. The third-order valence-corrected chi connectivity index (χ3v) is 6.58. The van der Waals surface area contributed by atoms with Crippen molar-refractivity contribution >= 4 is 38.3 Å². The fourth-order valence-electron chi connectivity index (χ4n) is 2.59. The van der Waals surface area contributed by atoms with Crippen LogP contribution in [0.1, 0.15) is 12.2 Å². The Morgan fingerprint density at radius 3 is 2.57 bits per heavy atom. The number of thioether (sulfide) groups is 1. The minimum absolute atomic E-state index is 0.202. The van der Waals surface area contributed by atoms with Gasteiger partial charge in [-0.15, -0.1) is 22.0 Å². The molecule has 0 saturated heterocycles. The van der Waals surface area contributed by atoms with Crippen molar-refractivity contribution in [2.45, 2.75) is 11.3 Å². The zero-order valence-electron chi connectivity index (χ0n) is 14.9. The maximum atomic E-state index is 11.8. The molecular weight excluding hydrogens is 400 g/mol. The predicted molar refractivity (Wildman–Crippen MR) is 109 cm³/mol. The smallest absolute Gasteiger partial charge is 0.240 e. The molecule has 4 rings (SSSR count). The lowest BCUT2D eigenvalue weighted by Crippen LogP contribution is -2.18. The van der Waals surface area contributed by atoms with E-state index >= 15 is 0 Å². The van der Waals surface area contributed by atoms with Crippen LogP contribution in [0, 0.1) is 0 Å². The molecule has 0 saturated carbocycles. The van der Waals surface area contributed by atoms with Gasteiger partial charge in [0.25, 0.3) is 0 Å². The highest BCUT2D eigenvalue weighted by Crippen LogP contribution is 2.26. The Kier molecular flexibility index (Phi) is 5.20. The van der Waals surface area contributed by atoms with Gasteiger partial charge < -0.3 is 4.42 Å². The molecule has 28 heavy (non-hydrogen) atoms. The first kappa shape index (κ1) is 18.7. The van der Waals surface area contributed by atoms with Crippen molar-refractivity contribution in [3.8, 4) is 11.3 Å². The third-order valence-electron chi connectivity index (χ3n) is 4.12. The molecule has 3 heterocycles. The van der Waals surface area contributed by atoms with Crippen LogP contribution in [0.2, 0.25) is 0 Å². The Bertz CT molecular complexity index is 1110. The molecule has 1 aromatic heterocycles. The summed E-state index contributed by atoms with van der Waals surface area (Å²) in [6.07, 6.45) is 0.596. The lowest BCUT2D eigenvalue weighted by atomic mass is 10.2. The average molecular weight is 416 g/mol. The first-order valence-electron chi connectivity index (χ1n) is 8.38. The number of sulfonamides is 1. The summed E-state index contributed by atoms with van der Waals surface area (Å²) < 4.78 is 31.8. The molecule has 2 aliphatic rings. The van der Waals surface area contributed by atoms with E-state index in [2.05, 4.69) is 30.4 Å². The van der Waals surface area contributed by atoms with Crippen LogP contribution >= 0.6 is 11.8 Å². The monoisotopic (exact) mass is 416 g/mol. The van der Waals surface area contributed by atoms with Crippen LogP contribution < -0.4 is 4.72 Å². The molecule has 9 nitrogen and oxygen atoms in total. The summed E-state index contributed by atoms with van der Waals surface area (Å²) in [7, 11) is -2.08. The van der Waals surface area contributed by atoms with Gasteiger partial charge in [-0.2, -0.15) is 10.2 Å². The largest absolute Gasteiger partial charge is 0.455 e. The van der Waals surface area contributed by atoms with Crippen molar-refractivity contribution in [1.29, 1.82) is 0 Å². The summed E-state index contributed by atoms with van der Waals surface area (Å²) >= 11 is 1.57. The SMILES string of the molecule is CNS(=O)(=O)c1ccc(-c2ccc(C3=NN=C(SCC4=NN=NC4)C3)o2)cc1. The van der Waals surface area contributed by atoms with Crippen LogP contribution in [0.3, 0.4) is 0 Å². The summed E-state index contributed by atoms with van der Waals surface area (Å²) in [5.41, 5.74) is 2.46. The number of rotatable bonds is 6. The summed E-state index contributed by atoms with van der Waals surface area (Å²) in [6.45, 7) is 0.546. The van der Waals surface area contributed by atoms with Gasteiger partial charge in [-0.3, -0.25) is 0 Å². The van der Waals surface area contributed by atoms with Crippen molar-refractivity contribution in [1.82, 2.24) is 4.72 Å². The molecule has 2 aromatic rings. The molecule has 0 bridgehead atoms. The Labute approximate surface area is 165 Å². The first-order valence-corrected chi connectivity index (χ1v) is 10.8. The van der Waals surface area contributed by atoms with Crippen molar-refractivity contribution in [2.24, 2.45) is 25.6 Å². The lowest BCUT2D eigenvalue weighted by Gasteiger charge is -2.03. The van der Waals surface area contributed by atoms with Crippen LogP contribution in [0.25, 0.3) is 11.3 Å². The molecule has 1 aromatic carbocycles. The first-order chi connectivity index (χ1) is 13.5. The molecular formula is C17H16N6O3S2. The number of benzene rings is 1. The normalized spacial score (nSPS) is 16.2. The minimum atomic E-state index is -3.46. The van der Waals surface area contributed by atoms with Gasteiger partial charge in [-0.1, -0.05) is 0 Å². The second kappa shape index (κ2) is 7.78. The Hall–Kier alpha value is -2.63. The number of nitrogens with one attached hydrogen (secondary N) is 1. The van der Waals surface area contributed by atoms with Crippen molar-refractivity contribution in [3.05, 3.63) is 42.2 Å². The average Bonchev–Trinajstić information content (AvgIpc) is 3.47. The standard InChI is InChI=1S/C17H16N6O3S2/c1-18-28(24,25)13-4-2-11(3-5-13)15-6-7-16(26-15)14-8-17(22-21-14)27-10-12-9-19-23-20-12/h2-7,18H,8-10H2,1H3. The molecule has 1 N–H and O–H groups in total. The summed E-state index contributed by atoms with van der Waals surface area (Å²) in [5.74, 6) is 1.97. The fourth-order valence-corrected chi connectivity index (χ4v) is 4.14. The molecule has 0 fully saturated rings. The highest BCUT2D eigenvalue weighted by molar-refractivity contribution is 8.14. The number of nitrogens with zero attached hydrogens (tertiary/aromatic N) is 5. The van der Waals surface area contributed by atoms with E-state index in [1.54, 1.807) is 36.0 Å². The minimum Gasteiger partial charge on any atom is -0.455 e. The second-order valence-corrected chi connectivity index (χ2v) is 8.89. The van der Waals surface area contributed by atoms with E-state index in [9.17, 15) is 8.42 Å². The molecule has 0 spiro atoms. The van der Waals surface area contributed by atoms with Gasteiger partial charge in [-0.05, 0) is 48.7 Å². The van der Waals surface area contributed by atoms with E-state index in [1.165, 1.54) is 7.05 Å². The van der Waals surface area contributed by atoms with E-state index in [4.69, 9.17) is 4.42 Å². The van der Waals surface area contributed by atoms with E-state index in [1.807, 2.05) is 12.1 Å². The highest BCUT2D eigenvalue weighted by Gasteiger charge is 2.20. The van der Waals surface area contributed by atoms with Gasteiger partial charge in [-0.25, -0.2) is 13.1 Å². The fraction of sp³-hybridized carbons (Fsp3) is 0.235. The summed E-state index contributed by atoms with van der Waals surface area (Å²) in [4.78, 5) is 0.202. The number of furan rings is 1. The van der Waals surface area contributed by atoms with E-state index < -0.39 is 10.0 Å². The van der Waals surface area contributed by atoms with Crippen molar-refractivity contribution < 1.29 is 12.8 Å². The lowest BCUT2D eigenvalue weighted by molar-refractivity contribution is 0.571. The van der Waals surface area contributed by atoms with Crippen LogP contribution in [-0.4, -0.2) is 44.2 Å². The number of hydrogen-bond acceptors (Lipinski definition) is 9.